The molecule has 136 valence electrons. The Morgan fingerprint density at radius 3 is 2.27 bits per heavy atom. The highest BCUT2D eigenvalue weighted by Gasteiger charge is 2.08. The van der Waals surface area contributed by atoms with Crippen molar-refractivity contribution in [3.05, 3.63) is 60.2 Å². The Labute approximate surface area is 151 Å². The molecule has 2 rings (SSSR count). The minimum Gasteiger partial charge on any atom is -0.497 e. The minimum absolute atomic E-state index is 0.0774. The Bertz CT molecular complexity index is 757. The van der Waals surface area contributed by atoms with Crippen LogP contribution in [0.5, 0.6) is 11.5 Å². The van der Waals surface area contributed by atoms with Crippen molar-refractivity contribution in [2.75, 3.05) is 13.7 Å². The normalized spacial score (nSPS) is 10.9. The summed E-state index contributed by atoms with van der Waals surface area (Å²) in [5.74, 6) is -0.149. The van der Waals surface area contributed by atoms with Gasteiger partial charge in [0.2, 0.25) is 0 Å². The van der Waals surface area contributed by atoms with Crippen molar-refractivity contribution in [2.45, 2.75) is 12.8 Å². The second-order valence-corrected chi connectivity index (χ2v) is 5.32. The number of aliphatic carboxylic acids is 1. The van der Waals surface area contributed by atoms with E-state index in [-0.39, 0.29) is 19.4 Å². The van der Waals surface area contributed by atoms with Crippen LogP contribution in [0.25, 0.3) is 0 Å². The van der Waals surface area contributed by atoms with Gasteiger partial charge in [-0.3, -0.25) is 9.59 Å². The number of hydrogen-bond donors (Lipinski definition) is 2. The third-order valence-electron chi connectivity index (χ3n) is 3.43. The highest BCUT2D eigenvalue weighted by atomic mass is 16.5. The fourth-order valence-electron chi connectivity index (χ4n) is 2.10. The van der Waals surface area contributed by atoms with E-state index >= 15 is 0 Å². The first-order chi connectivity index (χ1) is 12.6. The zero-order valence-electron chi connectivity index (χ0n) is 14.3. The van der Waals surface area contributed by atoms with Crippen LogP contribution in [0.4, 0.5) is 0 Å². The quantitative estimate of drug-likeness (QED) is 0.531. The first-order valence-corrected chi connectivity index (χ1v) is 7.98. The number of ether oxygens (including phenoxy) is 2. The van der Waals surface area contributed by atoms with E-state index in [1.807, 2.05) is 18.2 Å². The Morgan fingerprint density at radius 1 is 1.00 bits per heavy atom. The Balaban J connectivity index is 1.93. The molecule has 0 heterocycles. The third-order valence-corrected chi connectivity index (χ3v) is 3.43. The predicted octanol–water partition coefficient (Wildman–Crippen LogP) is 2.46. The molecule has 0 saturated heterocycles. The van der Waals surface area contributed by atoms with Gasteiger partial charge in [0.15, 0.2) is 6.61 Å². The van der Waals surface area contributed by atoms with Gasteiger partial charge in [0, 0.05) is 6.42 Å². The third kappa shape index (κ3) is 6.27. The molecule has 0 bridgehead atoms. The van der Waals surface area contributed by atoms with Crippen molar-refractivity contribution in [3.8, 4) is 11.5 Å². The molecule has 2 aromatic carbocycles. The number of carboxylic acid groups (broad SMARTS) is 1. The van der Waals surface area contributed by atoms with Gasteiger partial charge in [0.05, 0.1) is 19.2 Å². The first-order valence-electron chi connectivity index (χ1n) is 7.98. The molecule has 2 N–H and O–H groups in total. The van der Waals surface area contributed by atoms with Gasteiger partial charge in [-0.1, -0.05) is 30.3 Å². The van der Waals surface area contributed by atoms with E-state index < -0.39 is 11.9 Å². The maximum atomic E-state index is 11.9. The van der Waals surface area contributed by atoms with Crippen LogP contribution >= 0.6 is 0 Å². The summed E-state index contributed by atoms with van der Waals surface area (Å²) in [4.78, 5) is 22.7. The van der Waals surface area contributed by atoms with E-state index in [0.29, 0.717) is 17.2 Å². The number of carbonyl (C=O) groups excluding carboxylic acids is 1. The van der Waals surface area contributed by atoms with E-state index in [1.165, 1.54) is 0 Å². The van der Waals surface area contributed by atoms with Crippen LogP contribution in [0.15, 0.2) is 59.7 Å². The molecule has 1 amide bonds. The fourth-order valence-corrected chi connectivity index (χ4v) is 2.10. The molecule has 0 saturated carbocycles. The zero-order valence-corrected chi connectivity index (χ0v) is 14.3. The van der Waals surface area contributed by atoms with Crippen LogP contribution in [0.2, 0.25) is 0 Å². The Hall–Kier alpha value is -3.35. The summed E-state index contributed by atoms with van der Waals surface area (Å²) in [5, 5.41) is 12.9. The Morgan fingerprint density at radius 2 is 1.65 bits per heavy atom. The summed E-state index contributed by atoms with van der Waals surface area (Å²) in [6.45, 7) is -0.211. The molecule has 0 spiro atoms. The molecule has 0 fully saturated rings. The van der Waals surface area contributed by atoms with Crippen molar-refractivity contribution < 1.29 is 24.2 Å². The highest BCUT2D eigenvalue weighted by molar-refractivity contribution is 6.02. The zero-order chi connectivity index (χ0) is 18.8. The standard InChI is InChI=1S/C19H20N2O5/c1-25-15-7-9-16(10-8-15)26-13-18(22)21-20-17(11-12-19(23)24)14-5-3-2-4-6-14/h2-10H,11-13H2,1H3,(H,21,22)(H,23,24). The van der Waals surface area contributed by atoms with Crippen molar-refractivity contribution in [3.63, 3.8) is 0 Å². The Kier molecular flexibility index (Phi) is 7.17. The summed E-state index contributed by atoms with van der Waals surface area (Å²) in [6, 6.07) is 15.9. The summed E-state index contributed by atoms with van der Waals surface area (Å²) < 4.78 is 10.4. The topological polar surface area (TPSA) is 97.2 Å². The van der Waals surface area contributed by atoms with Gasteiger partial charge in [0.25, 0.3) is 5.91 Å². The van der Waals surface area contributed by atoms with Crippen LogP contribution in [-0.4, -0.2) is 36.4 Å². The van der Waals surface area contributed by atoms with Gasteiger partial charge in [-0.05, 0) is 29.8 Å². The number of nitrogens with one attached hydrogen (secondary N) is 1. The molecule has 2 aromatic rings. The fraction of sp³-hybridized carbons (Fsp3) is 0.211. The van der Waals surface area contributed by atoms with Gasteiger partial charge in [-0.15, -0.1) is 0 Å². The number of carboxylic acids is 1. The average Bonchev–Trinajstić information content (AvgIpc) is 2.67. The highest BCUT2D eigenvalue weighted by Crippen LogP contribution is 2.16. The van der Waals surface area contributed by atoms with E-state index in [0.717, 1.165) is 5.56 Å². The number of benzene rings is 2. The molecule has 26 heavy (non-hydrogen) atoms. The lowest BCUT2D eigenvalue weighted by molar-refractivity contribution is -0.136. The lowest BCUT2D eigenvalue weighted by atomic mass is 10.1. The smallest absolute Gasteiger partial charge is 0.303 e. The summed E-state index contributed by atoms with van der Waals surface area (Å²) in [5.41, 5.74) is 3.65. The molecule has 0 aliphatic rings. The number of hydrogen-bond acceptors (Lipinski definition) is 5. The molecule has 0 aromatic heterocycles. The van der Waals surface area contributed by atoms with Gasteiger partial charge in [0.1, 0.15) is 11.5 Å². The lowest BCUT2D eigenvalue weighted by Crippen LogP contribution is -2.26. The van der Waals surface area contributed by atoms with Gasteiger partial charge >= 0.3 is 5.97 Å². The largest absolute Gasteiger partial charge is 0.497 e. The maximum Gasteiger partial charge on any atom is 0.303 e. The van der Waals surface area contributed by atoms with Crippen molar-refractivity contribution >= 4 is 17.6 Å². The van der Waals surface area contributed by atoms with E-state index in [2.05, 4.69) is 10.5 Å². The lowest BCUT2D eigenvalue weighted by Gasteiger charge is -2.08. The molecular formula is C19H20N2O5. The number of nitrogens with zero attached hydrogens (tertiary/aromatic N) is 1. The van der Waals surface area contributed by atoms with Crippen LogP contribution in [-0.2, 0) is 9.59 Å². The van der Waals surface area contributed by atoms with Crippen LogP contribution in [0.3, 0.4) is 0 Å². The number of hydrazone groups is 1. The van der Waals surface area contributed by atoms with Crippen molar-refractivity contribution in [2.24, 2.45) is 5.10 Å². The van der Waals surface area contributed by atoms with Crippen molar-refractivity contribution in [1.29, 1.82) is 0 Å². The SMILES string of the molecule is COc1ccc(OCC(=O)NN=C(CCC(=O)O)c2ccccc2)cc1. The van der Waals surface area contributed by atoms with Gasteiger partial charge in [-0.25, -0.2) is 5.43 Å². The summed E-state index contributed by atoms with van der Waals surface area (Å²) in [6.07, 6.45) is 0.130. The van der Waals surface area contributed by atoms with Crippen LogP contribution < -0.4 is 14.9 Å². The number of methoxy groups -OCH3 is 1. The van der Waals surface area contributed by atoms with Crippen LogP contribution in [0, 0.1) is 0 Å². The number of rotatable bonds is 9. The molecule has 7 nitrogen and oxygen atoms in total. The van der Waals surface area contributed by atoms with E-state index in [4.69, 9.17) is 14.6 Å². The molecule has 7 heteroatoms. The molecule has 0 aliphatic carbocycles. The average molecular weight is 356 g/mol. The molecule has 0 unspecified atom stereocenters. The van der Waals surface area contributed by atoms with E-state index in [1.54, 1.807) is 43.5 Å². The maximum absolute atomic E-state index is 11.9. The summed E-state index contributed by atoms with van der Waals surface area (Å²) in [7, 11) is 1.57. The van der Waals surface area contributed by atoms with Gasteiger partial charge in [-0.2, -0.15) is 5.10 Å². The molecule has 0 radical (unpaired) electrons. The van der Waals surface area contributed by atoms with Gasteiger partial charge < -0.3 is 14.6 Å². The second kappa shape index (κ2) is 9.83. The first kappa shape index (κ1) is 19.0. The number of carbonyl (C=O) groups is 2. The van der Waals surface area contributed by atoms with Crippen LogP contribution in [0.1, 0.15) is 18.4 Å². The number of amides is 1. The molecule has 0 aliphatic heterocycles. The summed E-state index contributed by atoms with van der Waals surface area (Å²) >= 11 is 0. The molecular weight excluding hydrogens is 336 g/mol. The predicted molar refractivity (Wildman–Crippen MR) is 96.5 cm³/mol. The van der Waals surface area contributed by atoms with Crippen molar-refractivity contribution in [1.82, 2.24) is 5.43 Å². The monoisotopic (exact) mass is 356 g/mol. The van der Waals surface area contributed by atoms with E-state index in [9.17, 15) is 9.59 Å². The molecule has 0 atom stereocenters. The second-order valence-electron chi connectivity index (χ2n) is 5.32. The minimum atomic E-state index is -0.928.